The summed E-state index contributed by atoms with van der Waals surface area (Å²) in [5.41, 5.74) is 6.30. The van der Waals surface area contributed by atoms with E-state index >= 15 is 0 Å². The molecule has 2 aliphatic rings. The van der Waals surface area contributed by atoms with Gasteiger partial charge >= 0.3 is 0 Å². The summed E-state index contributed by atoms with van der Waals surface area (Å²) >= 11 is 12.1. The van der Waals surface area contributed by atoms with Gasteiger partial charge in [-0.3, -0.25) is 14.6 Å². The third-order valence-corrected chi connectivity index (χ3v) is 8.97. The van der Waals surface area contributed by atoms with E-state index in [0.29, 0.717) is 24.8 Å². The molecule has 2 aromatic rings. The van der Waals surface area contributed by atoms with Gasteiger partial charge in [-0.15, -0.1) is 0 Å². The second-order valence-corrected chi connectivity index (χ2v) is 11.5. The maximum atomic E-state index is 13.7. The fraction of sp³-hybridized carbons (Fsp3) is 0.435. The summed E-state index contributed by atoms with van der Waals surface area (Å²) in [6.07, 6.45) is 4.86. The molecule has 0 spiro atoms. The lowest BCUT2D eigenvalue weighted by molar-refractivity contribution is -0.132. The first-order chi connectivity index (χ1) is 16.7. The van der Waals surface area contributed by atoms with Crippen LogP contribution in [0.25, 0.3) is 0 Å². The highest BCUT2D eigenvalue weighted by Gasteiger charge is 2.45. The average molecular weight is 540 g/mol. The van der Waals surface area contributed by atoms with Crippen molar-refractivity contribution in [1.82, 2.24) is 19.5 Å². The molecule has 1 aliphatic carbocycles. The lowest BCUT2D eigenvalue weighted by Gasteiger charge is -2.42. The van der Waals surface area contributed by atoms with Gasteiger partial charge in [0.25, 0.3) is 11.8 Å². The van der Waals surface area contributed by atoms with E-state index in [4.69, 9.17) is 28.9 Å². The number of nitrogens with zero attached hydrogens (tertiary/aromatic N) is 3. The van der Waals surface area contributed by atoms with E-state index in [2.05, 4.69) is 10.3 Å². The number of aromatic nitrogens is 1. The van der Waals surface area contributed by atoms with Crippen LogP contribution in [0.5, 0.6) is 0 Å². The minimum atomic E-state index is -4.19. The van der Waals surface area contributed by atoms with E-state index < -0.39 is 28.0 Å². The molecule has 9 nitrogen and oxygen atoms in total. The molecule has 1 atom stereocenters. The largest absolute Gasteiger partial charge is 0.350 e. The van der Waals surface area contributed by atoms with Gasteiger partial charge < -0.3 is 16.0 Å². The van der Waals surface area contributed by atoms with Crippen LogP contribution in [0.2, 0.25) is 10.0 Å². The van der Waals surface area contributed by atoms with Crippen LogP contribution in [0.4, 0.5) is 0 Å². The van der Waals surface area contributed by atoms with Crippen molar-refractivity contribution < 1.29 is 18.0 Å². The molecule has 2 fully saturated rings. The number of halogens is 2. The van der Waals surface area contributed by atoms with Gasteiger partial charge in [-0.05, 0) is 62.4 Å². The van der Waals surface area contributed by atoms with Crippen LogP contribution in [0.3, 0.4) is 0 Å². The molecular weight excluding hydrogens is 513 g/mol. The Morgan fingerprint density at radius 3 is 2.34 bits per heavy atom. The maximum Gasteiger partial charge on any atom is 0.259 e. The molecule has 4 rings (SSSR count). The highest BCUT2D eigenvalue weighted by atomic mass is 35.5. The predicted octanol–water partition coefficient (Wildman–Crippen LogP) is 2.64. The fourth-order valence-electron chi connectivity index (χ4n) is 4.51. The number of benzene rings is 1. The van der Waals surface area contributed by atoms with E-state index in [1.165, 1.54) is 47.6 Å². The first-order valence-electron chi connectivity index (χ1n) is 11.4. The number of rotatable bonds is 5. The number of carbonyl (C=O) groups excluding carboxylic acids is 2. The van der Waals surface area contributed by atoms with Gasteiger partial charge in [-0.1, -0.05) is 23.2 Å². The number of sulfonamides is 1. The quantitative estimate of drug-likeness (QED) is 0.601. The standard InChI is InChI=1S/C23H27Cl2N5O4S/c24-19-7-6-18(14-20(19)25)35(33,34)30-13-1-12-29(23(32)15-8-10-27-11-9-15)22(30)21(31)28-17-4-2-16(26)3-5-17/h6-11,14,16-17,22H,1-5,12-13,26H2,(H,28,31). The lowest BCUT2D eigenvalue weighted by Crippen LogP contribution is -2.64. The van der Waals surface area contributed by atoms with Crippen molar-refractivity contribution in [1.29, 1.82) is 0 Å². The molecule has 1 unspecified atom stereocenters. The van der Waals surface area contributed by atoms with Crippen LogP contribution < -0.4 is 11.1 Å². The Labute approximate surface area is 214 Å². The van der Waals surface area contributed by atoms with E-state index in [-0.39, 0.29) is 40.1 Å². The van der Waals surface area contributed by atoms with Crippen molar-refractivity contribution in [3.05, 3.63) is 58.3 Å². The lowest BCUT2D eigenvalue weighted by atomic mass is 9.92. The number of carbonyl (C=O) groups is 2. The van der Waals surface area contributed by atoms with Gasteiger partial charge in [0.2, 0.25) is 10.0 Å². The monoisotopic (exact) mass is 539 g/mol. The van der Waals surface area contributed by atoms with Crippen molar-refractivity contribution in [2.45, 2.75) is 55.2 Å². The maximum absolute atomic E-state index is 13.7. The van der Waals surface area contributed by atoms with E-state index in [0.717, 1.165) is 17.1 Å². The topological polar surface area (TPSA) is 126 Å². The molecule has 0 radical (unpaired) electrons. The zero-order valence-corrected chi connectivity index (χ0v) is 21.3. The smallest absolute Gasteiger partial charge is 0.259 e. The highest BCUT2D eigenvalue weighted by molar-refractivity contribution is 7.89. The molecule has 1 aliphatic heterocycles. The third-order valence-electron chi connectivity index (χ3n) is 6.38. The summed E-state index contributed by atoms with van der Waals surface area (Å²) in [4.78, 5) is 32.1. The van der Waals surface area contributed by atoms with E-state index in [9.17, 15) is 18.0 Å². The van der Waals surface area contributed by atoms with Gasteiger partial charge in [0.1, 0.15) is 0 Å². The molecule has 12 heteroatoms. The summed E-state index contributed by atoms with van der Waals surface area (Å²) in [6, 6.07) is 7.00. The molecular formula is C23H27Cl2N5O4S. The normalized spacial score (nSPS) is 23.6. The first kappa shape index (κ1) is 25.8. The molecule has 3 N–H and O–H groups in total. The number of hydrogen-bond donors (Lipinski definition) is 2. The summed E-state index contributed by atoms with van der Waals surface area (Å²) < 4.78 is 28.4. The second-order valence-electron chi connectivity index (χ2n) is 8.77. The number of hydrogen-bond acceptors (Lipinski definition) is 6. The zero-order valence-electron chi connectivity index (χ0n) is 18.9. The Hall–Kier alpha value is -2.24. The summed E-state index contributed by atoms with van der Waals surface area (Å²) in [5.74, 6) is -0.997. The molecule has 1 saturated heterocycles. The van der Waals surface area contributed by atoms with Gasteiger partial charge in [0.05, 0.1) is 14.9 Å². The van der Waals surface area contributed by atoms with Crippen molar-refractivity contribution in [3.63, 3.8) is 0 Å². The highest BCUT2D eigenvalue weighted by Crippen LogP contribution is 2.30. The van der Waals surface area contributed by atoms with Crippen molar-refractivity contribution in [2.75, 3.05) is 13.1 Å². The Balaban J connectivity index is 1.69. The molecule has 2 amide bonds. The van der Waals surface area contributed by atoms with E-state index in [1.807, 2.05) is 0 Å². The number of amides is 2. The number of nitrogens with one attached hydrogen (secondary N) is 1. The summed E-state index contributed by atoms with van der Waals surface area (Å²) in [6.45, 7) is 0.290. The minimum Gasteiger partial charge on any atom is -0.350 e. The Morgan fingerprint density at radius 2 is 1.69 bits per heavy atom. The van der Waals surface area contributed by atoms with Crippen LogP contribution in [-0.2, 0) is 14.8 Å². The average Bonchev–Trinajstić information content (AvgIpc) is 2.86. The van der Waals surface area contributed by atoms with E-state index in [1.54, 1.807) is 0 Å². The van der Waals surface area contributed by atoms with Crippen molar-refractivity contribution >= 4 is 45.0 Å². The van der Waals surface area contributed by atoms with Gasteiger partial charge in [-0.25, -0.2) is 8.42 Å². The van der Waals surface area contributed by atoms with Crippen LogP contribution in [-0.4, -0.2) is 65.8 Å². The van der Waals surface area contributed by atoms with Gasteiger partial charge in [0.15, 0.2) is 6.17 Å². The molecule has 35 heavy (non-hydrogen) atoms. The SMILES string of the molecule is NC1CCC(NC(=O)C2N(C(=O)c3ccncc3)CCCN2S(=O)(=O)c2ccc(Cl)c(Cl)c2)CC1. The fourth-order valence-corrected chi connectivity index (χ4v) is 6.49. The third kappa shape index (κ3) is 5.62. The minimum absolute atomic E-state index is 0.0658. The predicted molar refractivity (Wildman–Crippen MR) is 132 cm³/mol. The Bertz CT molecular complexity index is 1190. The van der Waals surface area contributed by atoms with Crippen LogP contribution in [0.15, 0.2) is 47.6 Å². The molecule has 188 valence electrons. The second kappa shape index (κ2) is 10.8. The van der Waals surface area contributed by atoms with Crippen molar-refractivity contribution in [2.24, 2.45) is 5.73 Å². The summed E-state index contributed by atoms with van der Waals surface area (Å²) in [5, 5.41) is 3.25. The molecule has 1 saturated carbocycles. The van der Waals surface area contributed by atoms with Crippen LogP contribution in [0, 0.1) is 0 Å². The molecule has 2 heterocycles. The number of nitrogens with two attached hydrogens (primary N) is 1. The van der Waals surface area contributed by atoms with Crippen LogP contribution >= 0.6 is 23.2 Å². The number of pyridine rings is 1. The zero-order chi connectivity index (χ0) is 25.2. The van der Waals surface area contributed by atoms with Gasteiger partial charge in [-0.2, -0.15) is 4.31 Å². The molecule has 0 bridgehead atoms. The summed E-state index contributed by atoms with van der Waals surface area (Å²) in [7, 11) is -4.19. The van der Waals surface area contributed by atoms with Gasteiger partial charge in [0, 0.05) is 43.1 Å². The first-order valence-corrected chi connectivity index (χ1v) is 13.6. The molecule has 1 aromatic carbocycles. The Kier molecular flexibility index (Phi) is 7.97. The Morgan fingerprint density at radius 1 is 1.00 bits per heavy atom. The van der Waals surface area contributed by atoms with Crippen molar-refractivity contribution in [3.8, 4) is 0 Å². The molecule has 1 aromatic heterocycles. The van der Waals surface area contributed by atoms with Crippen LogP contribution in [0.1, 0.15) is 42.5 Å².